The molecule has 0 spiro atoms. The number of carbonyl (C=O) groups excluding carboxylic acids is 2. The van der Waals surface area contributed by atoms with Gasteiger partial charge < -0.3 is 19.7 Å². The average molecular weight is 346 g/mol. The molecule has 138 valence electrons. The molecule has 0 atom stereocenters. The van der Waals surface area contributed by atoms with E-state index < -0.39 is 0 Å². The summed E-state index contributed by atoms with van der Waals surface area (Å²) in [5, 5.41) is 3.15. The van der Waals surface area contributed by atoms with E-state index >= 15 is 0 Å². The fourth-order valence-electron chi connectivity index (χ4n) is 3.90. The number of aromatic nitrogens is 1. The topological polar surface area (TPSA) is 57.6 Å². The smallest absolute Gasteiger partial charge is 0.317 e. The lowest BCUT2D eigenvalue weighted by molar-refractivity contribution is 0.0761. The predicted molar refractivity (Wildman–Crippen MR) is 97.8 cm³/mol. The standard InChI is InChI=1S/C19H30N4O2/c1-14-13-17(15(2)21(14)3)18(24)22-9-6-10-23(12-11-22)19(25)20-16-7-4-5-8-16/h13,16H,4-12H2,1-3H3,(H,20,25). The third-order valence-electron chi connectivity index (χ3n) is 5.76. The monoisotopic (exact) mass is 346 g/mol. The van der Waals surface area contributed by atoms with Crippen molar-refractivity contribution >= 4 is 11.9 Å². The summed E-state index contributed by atoms with van der Waals surface area (Å²) in [7, 11) is 1.99. The van der Waals surface area contributed by atoms with Crippen LogP contribution in [0.25, 0.3) is 0 Å². The van der Waals surface area contributed by atoms with E-state index in [4.69, 9.17) is 0 Å². The van der Waals surface area contributed by atoms with Crippen molar-refractivity contribution in [2.75, 3.05) is 26.2 Å². The summed E-state index contributed by atoms with van der Waals surface area (Å²) in [6.07, 6.45) is 5.44. The minimum absolute atomic E-state index is 0.0351. The van der Waals surface area contributed by atoms with Gasteiger partial charge >= 0.3 is 6.03 Å². The number of nitrogens with one attached hydrogen (secondary N) is 1. The highest BCUT2D eigenvalue weighted by Crippen LogP contribution is 2.19. The summed E-state index contributed by atoms with van der Waals surface area (Å²) in [5.74, 6) is 0.0826. The third-order valence-corrected chi connectivity index (χ3v) is 5.76. The van der Waals surface area contributed by atoms with Crippen LogP contribution in [0.4, 0.5) is 4.79 Å². The number of hydrogen-bond acceptors (Lipinski definition) is 2. The highest BCUT2D eigenvalue weighted by Gasteiger charge is 2.26. The number of aryl methyl sites for hydroxylation is 1. The lowest BCUT2D eigenvalue weighted by Crippen LogP contribution is -2.45. The number of hydrogen-bond donors (Lipinski definition) is 1. The van der Waals surface area contributed by atoms with Crippen molar-refractivity contribution in [2.24, 2.45) is 7.05 Å². The van der Waals surface area contributed by atoms with Crippen LogP contribution < -0.4 is 5.32 Å². The Hall–Kier alpha value is -1.98. The molecule has 25 heavy (non-hydrogen) atoms. The Kier molecular flexibility index (Phi) is 5.35. The lowest BCUT2D eigenvalue weighted by Gasteiger charge is -2.24. The molecule has 2 aliphatic rings. The Labute approximate surface area is 150 Å². The number of nitrogens with zero attached hydrogens (tertiary/aromatic N) is 3. The van der Waals surface area contributed by atoms with Gasteiger partial charge in [-0.1, -0.05) is 12.8 Å². The first-order valence-corrected chi connectivity index (χ1v) is 9.45. The third kappa shape index (κ3) is 3.83. The van der Waals surface area contributed by atoms with Crippen LogP contribution in [0.5, 0.6) is 0 Å². The molecule has 2 heterocycles. The number of carbonyl (C=O) groups is 2. The molecule has 1 saturated heterocycles. The molecular weight excluding hydrogens is 316 g/mol. The largest absolute Gasteiger partial charge is 0.351 e. The van der Waals surface area contributed by atoms with Crippen LogP contribution in [-0.2, 0) is 7.05 Å². The Bertz CT molecular complexity index is 646. The normalized spacial score (nSPS) is 19.2. The lowest BCUT2D eigenvalue weighted by atomic mass is 10.2. The van der Waals surface area contributed by atoms with E-state index in [1.54, 1.807) is 0 Å². The maximum Gasteiger partial charge on any atom is 0.317 e. The number of urea groups is 1. The van der Waals surface area contributed by atoms with Gasteiger partial charge in [-0.3, -0.25) is 4.79 Å². The van der Waals surface area contributed by atoms with Gasteiger partial charge in [-0.2, -0.15) is 0 Å². The van der Waals surface area contributed by atoms with Crippen LogP contribution in [-0.4, -0.2) is 58.5 Å². The fraction of sp³-hybridized carbons (Fsp3) is 0.684. The fourth-order valence-corrected chi connectivity index (χ4v) is 3.90. The molecule has 0 aromatic carbocycles. The van der Waals surface area contributed by atoms with Crippen molar-refractivity contribution in [3.63, 3.8) is 0 Å². The number of rotatable bonds is 2. The maximum atomic E-state index is 12.9. The van der Waals surface area contributed by atoms with Crippen molar-refractivity contribution in [3.05, 3.63) is 23.0 Å². The van der Waals surface area contributed by atoms with Crippen molar-refractivity contribution in [1.29, 1.82) is 0 Å². The minimum atomic E-state index is 0.0351. The van der Waals surface area contributed by atoms with Gasteiger partial charge in [-0.15, -0.1) is 0 Å². The first-order valence-electron chi connectivity index (χ1n) is 9.45. The summed E-state index contributed by atoms with van der Waals surface area (Å²) in [4.78, 5) is 29.1. The molecule has 1 saturated carbocycles. The predicted octanol–water partition coefficient (Wildman–Crippen LogP) is 2.44. The second-order valence-electron chi connectivity index (χ2n) is 7.41. The second kappa shape index (κ2) is 7.50. The van der Waals surface area contributed by atoms with E-state index in [0.29, 0.717) is 25.7 Å². The zero-order chi connectivity index (χ0) is 18.0. The van der Waals surface area contributed by atoms with Crippen LogP contribution in [0.1, 0.15) is 53.8 Å². The molecule has 3 amide bonds. The molecule has 1 aromatic rings. The van der Waals surface area contributed by atoms with E-state index in [1.165, 1.54) is 12.8 Å². The molecule has 6 nitrogen and oxygen atoms in total. The van der Waals surface area contributed by atoms with E-state index in [1.807, 2.05) is 41.3 Å². The molecule has 0 bridgehead atoms. The molecule has 0 unspecified atom stereocenters. The maximum absolute atomic E-state index is 12.9. The Morgan fingerprint density at radius 2 is 1.64 bits per heavy atom. The second-order valence-corrected chi connectivity index (χ2v) is 7.41. The molecule has 1 aromatic heterocycles. The zero-order valence-corrected chi connectivity index (χ0v) is 15.7. The minimum Gasteiger partial charge on any atom is -0.351 e. The molecule has 3 rings (SSSR count). The van der Waals surface area contributed by atoms with Gasteiger partial charge in [0.05, 0.1) is 5.56 Å². The molecule has 1 aliphatic heterocycles. The van der Waals surface area contributed by atoms with Crippen LogP contribution in [0.3, 0.4) is 0 Å². The van der Waals surface area contributed by atoms with Gasteiger partial charge in [-0.25, -0.2) is 4.79 Å². The molecule has 0 radical (unpaired) electrons. The summed E-state index contributed by atoms with van der Waals surface area (Å²) in [6.45, 7) is 6.63. The molecule has 2 fully saturated rings. The highest BCUT2D eigenvalue weighted by atomic mass is 16.2. The van der Waals surface area contributed by atoms with Crippen LogP contribution in [0.15, 0.2) is 6.07 Å². The average Bonchev–Trinajstić information content (AvgIpc) is 3.09. The van der Waals surface area contributed by atoms with Crippen LogP contribution in [0, 0.1) is 13.8 Å². The SMILES string of the molecule is Cc1cc(C(=O)N2CCCN(C(=O)NC3CCCC3)CC2)c(C)n1C. The quantitative estimate of drug-likeness (QED) is 0.894. The molecule has 1 aliphatic carbocycles. The van der Waals surface area contributed by atoms with Crippen LogP contribution >= 0.6 is 0 Å². The van der Waals surface area contributed by atoms with Gasteiger partial charge in [0.15, 0.2) is 0 Å². The van der Waals surface area contributed by atoms with Crippen molar-refractivity contribution < 1.29 is 9.59 Å². The Morgan fingerprint density at radius 3 is 2.28 bits per heavy atom. The highest BCUT2D eigenvalue weighted by molar-refractivity contribution is 5.95. The van der Waals surface area contributed by atoms with Gasteiger partial charge in [0.25, 0.3) is 5.91 Å². The van der Waals surface area contributed by atoms with E-state index in [2.05, 4.69) is 5.32 Å². The summed E-state index contributed by atoms with van der Waals surface area (Å²) < 4.78 is 2.05. The molecule has 1 N–H and O–H groups in total. The summed E-state index contributed by atoms with van der Waals surface area (Å²) in [5.41, 5.74) is 2.87. The van der Waals surface area contributed by atoms with Gasteiger partial charge in [0.2, 0.25) is 0 Å². The van der Waals surface area contributed by atoms with Gasteiger partial charge in [0, 0.05) is 50.7 Å². The first kappa shape index (κ1) is 17.8. The van der Waals surface area contributed by atoms with Gasteiger partial charge in [0.1, 0.15) is 0 Å². The number of amides is 3. The Morgan fingerprint density at radius 1 is 1.00 bits per heavy atom. The van der Waals surface area contributed by atoms with Crippen LogP contribution in [0.2, 0.25) is 0 Å². The first-order chi connectivity index (χ1) is 12.0. The van der Waals surface area contributed by atoms with E-state index in [-0.39, 0.29) is 11.9 Å². The summed E-state index contributed by atoms with van der Waals surface area (Å²) in [6, 6.07) is 2.34. The van der Waals surface area contributed by atoms with Crippen molar-refractivity contribution in [3.8, 4) is 0 Å². The van der Waals surface area contributed by atoms with E-state index in [0.717, 1.165) is 42.8 Å². The summed E-state index contributed by atoms with van der Waals surface area (Å²) >= 11 is 0. The molecule has 6 heteroatoms. The van der Waals surface area contributed by atoms with Crippen molar-refractivity contribution in [2.45, 2.75) is 52.0 Å². The molecular formula is C19H30N4O2. The van der Waals surface area contributed by atoms with Crippen molar-refractivity contribution in [1.82, 2.24) is 19.7 Å². The zero-order valence-electron chi connectivity index (χ0n) is 15.7. The van der Waals surface area contributed by atoms with E-state index in [9.17, 15) is 9.59 Å². The van der Waals surface area contributed by atoms with Gasteiger partial charge in [-0.05, 0) is 39.2 Å². The Balaban J connectivity index is 1.60.